The van der Waals surface area contributed by atoms with E-state index in [1.54, 1.807) is 12.1 Å². The van der Waals surface area contributed by atoms with E-state index >= 15 is 0 Å². The summed E-state index contributed by atoms with van der Waals surface area (Å²) in [5, 5.41) is 3.36. The SMILES string of the molecule is CCOC(=O)C1CCCC(NCc2cc(Br)ccc2F)C1. The minimum atomic E-state index is -0.205. The molecule has 1 aliphatic rings. The maximum atomic E-state index is 13.7. The lowest BCUT2D eigenvalue weighted by atomic mass is 9.85. The smallest absolute Gasteiger partial charge is 0.308 e. The van der Waals surface area contributed by atoms with Gasteiger partial charge in [-0.2, -0.15) is 0 Å². The minimum absolute atomic E-state index is 0.0245. The molecule has 0 bridgehead atoms. The Morgan fingerprint density at radius 2 is 2.29 bits per heavy atom. The first-order chi connectivity index (χ1) is 10.1. The normalized spacial score (nSPS) is 22.0. The van der Waals surface area contributed by atoms with Crippen LogP contribution in [0.2, 0.25) is 0 Å². The zero-order valence-corrected chi connectivity index (χ0v) is 13.8. The molecule has 1 aliphatic carbocycles. The van der Waals surface area contributed by atoms with Gasteiger partial charge in [-0.25, -0.2) is 4.39 Å². The number of hydrogen-bond donors (Lipinski definition) is 1. The summed E-state index contributed by atoms with van der Waals surface area (Å²) in [7, 11) is 0. The van der Waals surface area contributed by atoms with Gasteiger partial charge in [0.15, 0.2) is 0 Å². The fraction of sp³-hybridized carbons (Fsp3) is 0.562. The van der Waals surface area contributed by atoms with Gasteiger partial charge < -0.3 is 10.1 Å². The van der Waals surface area contributed by atoms with Crippen molar-refractivity contribution in [3.8, 4) is 0 Å². The second-order valence-electron chi connectivity index (χ2n) is 5.43. The van der Waals surface area contributed by atoms with Gasteiger partial charge in [-0.15, -0.1) is 0 Å². The molecule has 0 spiro atoms. The summed E-state index contributed by atoms with van der Waals surface area (Å²) in [6, 6.07) is 5.18. The number of carbonyl (C=O) groups excluding carboxylic acids is 1. The summed E-state index contributed by atoms with van der Waals surface area (Å²) < 4.78 is 19.7. The Labute approximate surface area is 133 Å². The predicted molar refractivity (Wildman–Crippen MR) is 83.3 cm³/mol. The molecule has 1 aromatic carbocycles. The number of ether oxygens (including phenoxy) is 1. The summed E-state index contributed by atoms with van der Waals surface area (Å²) in [4.78, 5) is 11.8. The van der Waals surface area contributed by atoms with Crippen LogP contribution in [-0.2, 0) is 16.1 Å². The third-order valence-corrected chi connectivity index (χ3v) is 4.38. The molecular formula is C16H21BrFNO2. The van der Waals surface area contributed by atoms with Gasteiger partial charge in [0.1, 0.15) is 5.82 Å². The number of rotatable bonds is 5. The van der Waals surface area contributed by atoms with E-state index in [1.165, 1.54) is 6.07 Å². The molecule has 21 heavy (non-hydrogen) atoms. The number of carbonyl (C=O) groups is 1. The number of nitrogens with one attached hydrogen (secondary N) is 1. The summed E-state index contributed by atoms with van der Waals surface area (Å²) in [6.07, 6.45) is 3.68. The van der Waals surface area contributed by atoms with Crippen LogP contribution >= 0.6 is 15.9 Å². The fourth-order valence-corrected chi connectivity index (χ4v) is 3.19. The average Bonchev–Trinajstić information content (AvgIpc) is 2.49. The van der Waals surface area contributed by atoms with E-state index in [0.717, 1.165) is 30.2 Å². The van der Waals surface area contributed by atoms with Crippen LogP contribution in [0, 0.1) is 11.7 Å². The van der Waals surface area contributed by atoms with Crippen molar-refractivity contribution in [2.24, 2.45) is 5.92 Å². The van der Waals surface area contributed by atoms with Crippen molar-refractivity contribution in [1.82, 2.24) is 5.32 Å². The second kappa shape index (κ2) is 7.90. The zero-order valence-electron chi connectivity index (χ0n) is 12.2. The van der Waals surface area contributed by atoms with E-state index in [1.807, 2.05) is 6.92 Å². The Kier molecular flexibility index (Phi) is 6.18. The standard InChI is InChI=1S/C16H21BrFNO2/c1-2-21-16(20)11-4-3-5-14(9-11)19-10-12-8-13(17)6-7-15(12)18/h6-8,11,14,19H,2-5,9-10H2,1H3. The van der Waals surface area contributed by atoms with Gasteiger partial charge in [0.05, 0.1) is 12.5 Å². The van der Waals surface area contributed by atoms with Gasteiger partial charge in [0, 0.05) is 22.6 Å². The molecule has 0 radical (unpaired) electrons. The van der Waals surface area contributed by atoms with Crippen LogP contribution in [0.25, 0.3) is 0 Å². The highest BCUT2D eigenvalue weighted by molar-refractivity contribution is 9.10. The lowest BCUT2D eigenvalue weighted by Gasteiger charge is -2.28. The van der Waals surface area contributed by atoms with Gasteiger partial charge in [-0.1, -0.05) is 22.4 Å². The molecule has 0 saturated heterocycles. The Bertz CT molecular complexity index is 495. The zero-order chi connectivity index (χ0) is 15.2. The van der Waals surface area contributed by atoms with Crippen molar-refractivity contribution in [1.29, 1.82) is 0 Å². The maximum Gasteiger partial charge on any atom is 0.308 e. The Morgan fingerprint density at radius 1 is 1.48 bits per heavy atom. The van der Waals surface area contributed by atoms with Gasteiger partial charge in [-0.05, 0) is 44.4 Å². The van der Waals surface area contributed by atoms with Crippen LogP contribution in [-0.4, -0.2) is 18.6 Å². The largest absolute Gasteiger partial charge is 0.466 e. The monoisotopic (exact) mass is 357 g/mol. The summed E-state index contributed by atoms with van der Waals surface area (Å²) in [5.41, 5.74) is 0.641. The molecule has 0 heterocycles. The molecule has 1 saturated carbocycles. The highest BCUT2D eigenvalue weighted by Gasteiger charge is 2.28. The molecule has 5 heteroatoms. The molecule has 2 rings (SSSR count). The quantitative estimate of drug-likeness (QED) is 0.814. The van der Waals surface area contributed by atoms with E-state index in [4.69, 9.17) is 4.74 Å². The van der Waals surface area contributed by atoms with Crippen LogP contribution in [0.3, 0.4) is 0 Å². The summed E-state index contributed by atoms with van der Waals surface area (Å²) in [5.74, 6) is -0.329. The van der Waals surface area contributed by atoms with Crippen LogP contribution < -0.4 is 5.32 Å². The van der Waals surface area contributed by atoms with Crippen LogP contribution in [0.1, 0.15) is 38.2 Å². The Morgan fingerprint density at radius 3 is 3.05 bits per heavy atom. The van der Waals surface area contributed by atoms with E-state index in [0.29, 0.717) is 18.7 Å². The molecule has 2 atom stereocenters. The van der Waals surface area contributed by atoms with Crippen molar-refractivity contribution in [2.75, 3.05) is 6.61 Å². The lowest BCUT2D eigenvalue weighted by molar-refractivity contribution is -0.149. The number of halogens is 2. The summed E-state index contributed by atoms with van der Waals surface area (Å²) >= 11 is 3.35. The molecule has 1 aromatic rings. The van der Waals surface area contributed by atoms with E-state index in [9.17, 15) is 9.18 Å². The van der Waals surface area contributed by atoms with E-state index in [-0.39, 0.29) is 23.7 Å². The number of esters is 1. The van der Waals surface area contributed by atoms with Crippen molar-refractivity contribution in [3.63, 3.8) is 0 Å². The maximum absolute atomic E-state index is 13.7. The first kappa shape index (κ1) is 16.4. The molecule has 0 aromatic heterocycles. The minimum Gasteiger partial charge on any atom is -0.466 e. The van der Waals surface area contributed by atoms with Crippen LogP contribution in [0.5, 0.6) is 0 Å². The van der Waals surface area contributed by atoms with Gasteiger partial charge in [0.2, 0.25) is 0 Å². The molecule has 0 amide bonds. The first-order valence-electron chi connectivity index (χ1n) is 7.44. The van der Waals surface area contributed by atoms with Crippen LogP contribution in [0.4, 0.5) is 4.39 Å². The topological polar surface area (TPSA) is 38.3 Å². The van der Waals surface area contributed by atoms with Gasteiger partial charge in [-0.3, -0.25) is 4.79 Å². The molecule has 1 fully saturated rings. The number of benzene rings is 1. The van der Waals surface area contributed by atoms with Crippen molar-refractivity contribution in [2.45, 2.75) is 45.2 Å². The van der Waals surface area contributed by atoms with E-state index in [2.05, 4.69) is 21.2 Å². The molecule has 0 aliphatic heterocycles. The third kappa shape index (κ3) is 4.78. The molecule has 3 nitrogen and oxygen atoms in total. The number of hydrogen-bond acceptors (Lipinski definition) is 3. The molecule has 1 N–H and O–H groups in total. The highest BCUT2D eigenvalue weighted by Crippen LogP contribution is 2.26. The first-order valence-corrected chi connectivity index (χ1v) is 8.23. The molecule has 2 unspecified atom stereocenters. The van der Waals surface area contributed by atoms with Crippen molar-refractivity contribution >= 4 is 21.9 Å². The van der Waals surface area contributed by atoms with Gasteiger partial charge >= 0.3 is 5.97 Å². The van der Waals surface area contributed by atoms with Crippen LogP contribution in [0.15, 0.2) is 22.7 Å². The lowest BCUT2D eigenvalue weighted by Crippen LogP contribution is -2.36. The fourth-order valence-electron chi connectivity index (χ4n) is 2.78. The van der Waals surface area contributed by atoms with Crippen molar-refractivity contribution < 1.29 is 13.9 Å². The Balaban J connectivity index is 1.88. The third-order valence-electron chi connectivity index (χ3n) is 3.88. The molecular weight excluding hydrogens is 337 g/mol. The van der Waals surface area contributed by atoms with Gasteiger partial charge in [0.25, 0.3) is 0 Å². The van der Waals surface area contributed by atoms with E-state index < -0.39 is 0 Å². The van der Waals surface area contributed by atoms with Crippen molar-refractivity contribution in [3.05, 3.63) is 34.1 Å². The average molecular weight is 358 g/mol. The molecule has 116 valence electrons. The summed E-state index contributed by atoms with van der Waals surface area (Å²) in [6.45, 7) is 2.73. The Hall–Kier alpha value is -0.940. The highest BCUT2D eigenvalue weighted by atomic mass is 79.9. The predicted octanol–water partition coefficient (Wildman–Crippen LogP) is 3.80. The second-order valence-corrected chi connectivity index (χ2v) is 6.34.